The van der Waals surface area contributed by atoms with Crippen LogP contribution >= 0.6 is 15.9 Å². The third-order valence-electron chi connectivity index (χ3n) is 4.29. The minimum atomic E-state index is 0.272. The van der Waals surface area contributed by atoms with Crippen LogP contribution in [0.4, 0.5) is 0 Å². The van der Waals surface area contributed by atoms with Gasteiger partial charge in [-0.15, -0.1) is 0 Å². The lowest BCUT2D eigenvalue weighted by Crippen LogP contribution is -2.25. The van der Waals surface area contributed by atoms with Gasteiger partial charge in [0.05, 0.1) is 14.2 Å². The van der Waals surface area contributed by atoms with Crippen LogP contribution in [0.25, 0.3) is 0 Å². The number of methoxy groups -OCH3 is 2. The fourth-order valence-corrected chi connectivity index (χ4v) is 2.84. The topological polar surface area (TPSA) is 30.5 Å². The van der Waals surface area contributed by atoms with Crippen molar-refractivity contribution in [3.8, 4) is 11.5 Å². The van der Waals surface area contributed by atoms with Crippen LogP contribution < -0.4 is 14.8 Å². The van der Waals surface area contributed by atoms with Crippen molar-refractivity contribution in [3.05, 3.63) is 22.2 Å². The number of ether oxygens (including phenoxy) is 2. The number of benzene rings is 1. The van der Waals surface area contributed by atoms with Gasteiger partial charge in [0.25, 0.3) is 0 Å². The second-order valence-corrected chi connectivity index (χ2v) is 7.43. The largest absolute Gasteiger partial charge is 0.493 e. The summed E-state index contributed by atoms with van der Waals surface area (Å²) in [5.74, 6) is 2.10. The summed E-state index contributed by atoms with van der Waals surface area (Å²) >= 11 is 3.66. The summed E-state index contributed by atoms with van der Waals surface area (Å²) in [5, 5.41) is 3.42. The van der Waals surface area contributed by atoms with E-state index in [4.69, 9.17) is 9.47 Å². The molecule has 0 bridgehead atoms. The molecule has 0 aromatic heterocycles. The molecule has 0 aliphatic rings. The molecule has 0 aliphatic carbocycles. The zero-order valence-corrected chi connectivity index (χ0v) is 15.8. The highest BCUT2D eigenvalue weighted by Crippen LogP contribution is 2.39. The Kier molecular flexibility index (Phi) is 6.54. The number of nitrogens with one attached hydrogen (secondary N) is 1. The molecule has 0 amide bonds. The Morgan fingerprint density at radius 1 is 1.14 bits per heavy atom. The van der Waals surface area contributed by atoms with E-state index < -0.39 is 0 Å². The van der Waals surface area contributed by atoms with Crippen LogP contribution in [0.5, 0.6) is 11.5 Å². The number of rotatable bonds is 6. The van der Waals surface area contributed by atoms with E-state index in [1.54, 1.807) is 14.2 Å². The van der Waals surface area contributed by atoms with E-state index >= 15 is 0 Å². The fraction of sp³-hybridized carbons (Fsp3) is 0.647. The van der Waals surface area contributed by atoms with Crippen molar-refractivity contribution in [1.82, 2.24) is 5.32 Å². The number of hydrogen-bond acceptors (Lipinski definition) is 3. The molecule has 0 radical (unpaired) electrons. The van der Waals surface area contributed by atoms with Crippen LogP contribution in [0.2, 0.25) is 0 Å². The van der Waals surface area contributed by atoms with E-state index in [0.29, 0.717) is 5.92 Å². The van der Waals surface area contributed by atoms with Gasteiger partial charge < -0.3 is 14.8 Å². The molecule has 1 N–H and O–H groups in total. The van der Waals surface area contributed by atoms with Crippen molar-refractivity contribution in [2.45, 2.75) is 40.2 Å². The molecule has 0 saturated heterocycles. The molecular formula is C17H28BrNO2. The molecule has 21 heavy (non-hydrogen) atoms. The summed E-state index contributed by atoms with van der Waals surface area (Å²) in [5.41, 5.74) is 1.49. The summed E-state index contributed by atoms with van der Waals surface area (Å²) in [6.45, 7) is 9.16. The van der Waals surface area contributed by atoms with Gasteiger partial charge in [-0.1, -0.05) is 43.6 Å². The van der Waals surface area contributed by atoms with Gasteiger partial charge in [-0.25, -0.2) is 0 Å². The van der Waals surface area contributed by atoms with Crippen LogP contribution in [-0.2, 0) is 0 Å². The van der Waals surface area contributed by atoms with Gasteiger partial charge in [0, 0.05) is 10.5 Å². The predicted octanol–water partition coefficient (Wildman–Crippen LogP) is 4.80. The van der Waals surface area contributed by atoms with Gasteiger partial charge >= 0.3 is 0 Å². The average Bonchev–Trinajstić information content (AvgIpc) is 2.43. The van der Waals surface area contributed by atoms with Gasteiger partial charge in [0.1, 0.15) is 0 Å². The monoisotopic (exact) mass is 357 g/mol. The Labute approximate surface area is 137 Å². The molecule has 0 fully saturated rings. The summed E-state index contributed by atoms with van der Waals surface area (Å²) in [6.07, 6.45) is 1.06. The van der Waals surface area contributed by atoms with Crippen LogP contribution in [-0.4, -0.2) is 21.3 Å². The molecule has 2 unspecified atom stereocenters. The first-order valence-electron chi connectivity index (χ1n) is 7.33. The van der Waals surface area contributed by atoms with E-state index in [2.05, 4.69) is 55.0 Å². The molecule has 3 nitrogen and oxygen atoms in total. The van der Waals surface area contributed by atoms with Gasteiger partial charge in [-0.2, -0.15) is 0 Å². The normalized spacial score (nSPS) is 14.7. The fourth-order valence-electron chi connectivity index (χ4n) is 2.24. The van der Waals surface area contributed by atoms with Crippen LogP contribution in [0.1, 0.15) is 45.7 Å². The lowest BCUT2D eigenvalue weighted by atomic mass is 9.77. The van der Waals surface area contributed by atoms with Crippen molar-refractivity contribution in [2.24, 2.45) is 11.3 Å². The SMILES string of the molecule is CNC(CC(C)C(C)(C)C)c1cc(OC)c(OC)cc1Br. The molecule has 0 spiro atoms. The lowest BCUT2D eigenvalue weighted by molar-refractivity contribution is 0.225. The van der Waals surface area contributed by atoms with Crippen LogP contribution in [0, 0.1) is 11.3 Å². The summed E-state index contributed by atoms with van der Waals surface area (Å²) < 4.78 is 11.8. The Hall–Kier alpha value is -0.740. The van der Waals surface area contributed by atoms with Crippen molar-refractivity contribution in [3.63, 3.8) is 0 Å². The first kappa shape index (κ1) is 18.3. The smallest absolute Gasteiger partial charge is 0.161 e. The van der Waals surface area contributed by atoms with E-state index in [-0.39, 0.29) is 11.5 Å². The molecule has 0 aliphatic heterocycles. The first-order valence-corrected chi connectivity index (χ1v) is 8.12. The maximum absolute atomic E-state index is 5.43. The van der Waals surface area contributed by atoms with Gasteiger partial charge in [-0.05, 0) is 42.5 Å². The Balaban J connectivity index is 3.11. The average molecular weight is 358 g/mol. The van der Waals surface area contributed by atoms with Gasteiger partial charge in [0.15, 0.2) is 11.5 Å². The zero-order valence-electron chi connectivity index (χ0n) is 14.2. The summed E-state index contributed by atoms with van der Waals surface area (Å²) in [7, 11) is 5.33. The Morgan fingerprint density at radius 3 is 2.10 bits per heavy atom. The van der Waals surface area contributed by atoms with Crippen molar-refractivity contribution < 1.29 is 9.47 Å². The van der Waals surface area contributed by atoms with Crippen molar-refractivity contribution in [1.29, 1.82) is 0 Å². The first-order chi connectivity index (χ1) is 9.74. The molecule has 1 aromatic carbocycles. The number of hydrogen-bond donors (Lipinski definition) is 1. The zero-order chi connectivity index (χ0) is 16.2. The highest BCUT2D eigenvalue weighted by molar-refractivity contribution is 9.10. The molecule has 0 heterocycles. The van der Waals surface area contributed by atoms with Crippen molar-refractivity contribution >= 4 is 15.9 Å². The molecular weight excluding hydrogens is 330 g/mol. The van der Waals surface area contributed by atoms with E-state index in [9.17, 15) is 0 Å². The quantitative estimate of drug-likeness (QED) is 0.792. The Morgan fingerprint density at radius 2 is 1.67 bits per heavy atom. The van der Waals surface area contributed by atoms with E-state index in [0.717, 1.165) is 22.4 Å². The number of halogens is 1. The maximum atomic E-state index is 5.43. The van der Waals surface area contributed by atoms with E-state index in [1.807, 2.05) is 13.1 Å². The minimum Gasteiger partial charge on any atom is -0.493 e. The lowest BCUT2D eigenvalue weighted by Gasteiger charge is -2.31. The third-order valence-corrected chi connectivity index (χ3v) is 4.98. The summed E-state index contributed by atoms with van der Waals surface area (Å²) in [6, 6.07) is 4.30. The molecule has 4 heteroatoms. The van der Waals surface area contributed by atoms with Crippen LogP contribution in [0.15, 0.2) is 16.6 Å². The Bertz CT molecular complexity index is 469. The highest BCUT2D eigenvalue weighted by Gasteiger charge is 2.25. The molecule has 0 saturated carbocycles. The second kappa shape index (κ2) is 7.50. The molecule has 120 valence electrons. The standard InChI is InChI=1S/C17H28BrNO2/c1-11(17(2,3)4)8-14(19-5)12-9-15(20-6)16(21-7)10-13(12)18/h9-11,14,19H,8H2,1-7H3. The molecule has 1 rings (SSSR count). The van der Waals surface area contributed by atoms with Crippen LogP contribution in [0.3, 0.4) is 0 Å². The second-order valence-electron chi connectivity index (χ2n) is 6.57. The van der Waals surface area contributed by atoms with E-state index in [1.165, 1.54) is 5.56 Å². The van der Waals surface area contributed by atoms with Gasteiger partial charge in [-0.3, -0.25) is 0 Å². The molecule has 1 aromatic rings. The predicted molar refractivity (Wildman–Crippen MR) is 92.3 cm³/mol. The van der Waals surface area contributed by atoms with Crippen molar-refractivity contribution in [2.75, 3.05) is 21.3 Å². The summed E-state index contributed by atoms with van der Waals surface area (Å²) in [4.78, 5) is 0. The minimum absolute atomic E-state index is 0.272. The highest BCUT2D eigenvalue weighted by atomic mass is 79.9. The molecule has 2 atom stereocenters. The maximum Gasteiger partial charge on any atom is 0.161 e. The third kappa shape index (κ3) is 4.62. The van der Waals surface area contributed by atoms with Gasteiger partial charge in [0.2, 0.25) is 0 Å².